The number of nitro groups is 1. The monoisotopic (exact) mass is 379 g/mol. The van der Waals surface area contributed by atoms with Crippen molar-refractivity contribution >= 4 is 17.5 Å². The maximum Gasteiger partial charge on any atom is 0.410 e. The molecule has 0 spiro atoms. The van der Waals surface area contributed by atoms with Crippen molar-refractivity contribution in [2.24, 2.45) is 0 Å². The molecule has 1 aromatic rings. The molecule has 1 amide bonds. The van der Waals surface area contributed by atoms with Crippen LogP contribution < -0.4 is 4.90 Å². The van der Waals surface area contributed by atoms with E-state index in [1.165, 1.54) is 11.0 Å². The third-order valence-electron chi connectivity index (χ3n) is 4.37. The lowest BCUT2D eigenvalue weighted by Gasteiger charge is -2.32. The first-order valence-electron chi connectivity index (χ1n) is 9.32. The van der Waals surface area contributed by atoms with Gasteiger partial charge in [-0.3, -0.25) is 10.1 Å². The quantitative estimate of drug-likeness (QED) is 0.578. The van der Waals surface area contributed by atoms with Crippen molar-refractivity contribution in [3.63, 3.8) is 0 Å². The van der Waals surface area contributed by atoms with E-state index in [4.69, 9.17) is 4.74 Å². The molecule has 150 valence electrons. The van der Waals surface area contributed by atoms with Crippen molar-refractivity contribution in [1.29, 1.82) is 0 Å². The highest BCUT2D eigenvalue weighted by Gasteiger charge is 2.23. The summed E-state index contributed by atoms with van der Waals surface area (Å²) in [6.07, 6.45) is 2.07. The standard InChI is InChI=1S/C19H29N3O5/c1-19(2,3)27-18(24)21(12-13-23)11-5-10-20-9-4-6-15-14-16(22(25)26)7-8-17(15)20/h7-8,14,23H,4-6,9-13H2,1-3H3. The zero-order valence-electron chi connectivity index (χ0n) is 16.3. The van der Waals surface area contributed by atoms with E-state index in [1.807, 2.05) is 26.8 Å². The normalized spacial score (nSPS) is 13.9. The molecule has 2 rings (SSSR count). The highest BCUT2D eigenvalue weighted by atomic mass is 16.6. The Bertz CT molecular complexity index is 672. The molecular weight excluding hydrogens is 350 g/mol. The topological polar surface area (TPSA) is 96.2 Å². The Balaban J connectivity index is 1.96. The molecule has 0 saturated carbocycles. The van der Waals surface area contributed by atoms with Crippen LogP contribution in [0, 0.1) is 10.1 Å². The molecule has 0 atom stereocenters. The molecule has 0 saturated heterocycles. The Morgan fingerprint density at radius 3 is 2.74 bits per heavy atom. The number of carbonyl (C=O) groups is 1. The van der Waals surface area contributed by atoms with Crippen molar-refractivity contribution in [2.75, 3.05) is 37.7 Å². The van der Waals surface area contributed by atoms with Gasteiger partial charge in [-0.1, -0.05) is 0 Å². The highest BCUT2D eigenvalue weighted by molar-refractivity contribution is 5.68. The Kier molecular flexibility index (Phi) is 7.01. The van der Waals surface area contributed by atoms with Gasteiger partial charge in [-0.05, 0) is 51.7 Å². The number of benzene rings is 1. The van der Waals surface area contributed by atoms with Gasteiger partial charge in [-0.2, -0.15) is 0 Å². The van der Waals surface area contributed by atoms with E-state index in [2.05, 4.69) is 4.90 Å². The molecule has 1 aliphatic heterocycles. The molecular formula is C19H29N3O5. The maximum absolute atomic E-state index is 12.2. The smallest absolute Gasteiger partial charge is 0.410 e. The zero-order valence-corrected chi connectivity index (χ0v) is 16.3. The van der Waals surface area contributed by atoms with Crippen LogP contribution in [0.25, 0.3) is 0 Å². The summed E-state index contributed by atoms with van der Waals surface area (Å²) in [5, 5.41) is 20.2. The Labute approximate surface area is 159 Å². The summed E-state index contributed by atoms with van der Waals surface area (Å²) in [7, 11) is 0. The molecule has 1 N–H and O–H groups in total. The third-order valence-corrected chi connectivity index (χ3v) is 4.37. The van der Waals surface area contributed by atoms with Crippen LogP contribution in [0.1, 0.15) is 39.2 Å². The molecule has 0 unspecified atom stereocenters. The number of non-ortho nitro benzene ring substituents is 1. The minimum absolute atomic E-state index is 0.116. The SMILES string of the molecule is CC(C)(C)OC(=O)N(CCO)CCCN1CCCc2cc([N+](=O)[O-])ccc21. The molecule has 1 aliphatic rings. The maximum atomic E-state index is 12.2. The van der Waals surface area contributed by atoms with E-state index in [0.29, 0.717) is 6.54 Å². The number of nitro benzene ring substituents is 1. The summed E-state index contributed by atoms with van der Waals surface area (Å²) in [5.41, 5.74) is 1.56. The fourth-order valence-electron chi connectivity index (χ4n) is 3.20. The van der Waals surface area contributed by atoms with E-state index in [-0.39, 0.29) is 23.8 Å². The van der Waals surface area contributed by atoms with Crippen LogP contribution >= 0.6 is 0 Å². The fourth-order valence-corrected chi connectivity index (χ4v) is 3.20. The second-order valence-electron chi connectivity index (χ2n) is 7.71. The van der Waals surface area contributed by atoms with Crippen LogP contribution in [0.15, 0.2) is 18.2 Å². The largest absolute Gasteiger partial charge is 0.444 e. The molecule has 0 radical (unpaired) electrons. The van der Waals surface area contributed by atoms with Crippen molar-refractivity contribution in [3.8, 4) is 0 Å². The molecule has 0 fully saturated rings. The highest BCUT2D eigenvalue weighted by Crippen LogP contribution is 2.30. The molecule has 1 heterocycles. The molecule has 8 nitrogen and oxygen atoms in total. The van der Waals surface area contributed by atoms with E-state index in [1.54, 1.807) is 6.07 Å². The summed E-state index contributed by atoms with van der Waals surface area (Å²) in [6, 6.07) is 5.00. The lowest BCUT2D eigenvalue weighted by Crippen LogP contribution is -2.40. The van der Waals surface area contributed by atoms with Gasteiger partial charge in [0.2, 0.25) is 0 Å². The Morgan fingerprint density at radius 1 is 1.37 bits per heavy atom. The number of aryl methyl sites for hydroxylation is 1. The van der Waals surface area contributed by atoms with Gasteiger partial charge in [0.25, 0.3) is 5.69 Å². The molecule has 0 aliphatic carbocycles. The fraction of sp³-hybridized carbons (Fsp3) is 0.632. The van der Waals surface area contributed by atoms with Crippen molar-refractivity contribution in [1.82, 2.24) is 4.90 Å². The second kappa shape index (κ2) is 9.03. The molecule has 27 heavy (non-hydrogen) atoms. The summed E-state index contributed by atoms with van der Waals surface area (Å²) in [6.45, 7) is 7.65. The first-order chi connectivity index (χ1) is 12.7. The molecule has 1 aromatic carbocycles. The Morgan fingerprint density at radius 2 is 2.11 bits per heavy atom. The number of fused-ring (bicyclic) bond motifs is 1. The van der Waals surface area contributed by atoms with Gasteiger partial charge in [-0.15, -0.1) is 0 Å². The average molecular weight is 379 g/mol. The first kappa shape index (κ1) is 21.0. The van der Waals surface area contributed by atoms with E-state index in [0.717, 1.165) is 43.6 Å². The third kappa shape index (κ3) is 6.09. The van der Waals surface area contributed by atoms with Gasteiger partial charge in [0.1, 0.15) is 5.60 Å². The number of ether oxygens (including phenoxy) is 1. The van der Waals surface area contributed by atoms with Crippen LogP contribution in [0.5, 0.6) is 0 Å². The molecule has 0 aromatic heterocycles. The molecule has 8 heteroatoms. The second-order valence-corrected chi connectivity index (χ2v) is 7.71. The van der Waals surface area contributed by atoms with Gasteiger partial charge >= 0.3 is 6.09 Å². The molecule has 0 bridgehead atoms. The first-order valence-corrected chi connectivity index (χ1v) is 9.32. The predicted molar refractivity (Wildman–Crippen MR) is 103 cm³/mol. The number of aliphatic hydroxyl groups is 1. The van der Waals surface area contributed by atoms with Gasteiger partial charge < -0.3 is 19.6 Å². The minimum atomic E-state index is -0.578. The predicted octanol–water partition coefficient (Wildman–Crippen LogP) is 2.97. The van der Waals surface area contributed by atoms with Crippen LogP contribution in [0.4, 0.5) is 16.2 Å². The number of hydrogen-bond acceptors (Lipinski definition) is 6. The summed E-state index contributed by atoms with van der Waals surface area (Å²) in [4.78, 5) is 26.6. The van der Waals surface area contributed by atoms with Gasteiger partial charge in [0, 0.05) is 44.0 Å². The van der Waals surface area contributed by atoms with Crippen molar-refractivity contribution < 1.29 is 19.6 Å². The number of carbonyl (C=O) groups excluding carboxylic acids is 1. The lowest BCUT2D eigenvalue weighted by molar-refractivity contribution is -0.384. The van der Waals surface area contributed by atoms with Gasteiger partial charge in [0.15, 0.2) is 0 Å². The van der Waals surface area contributed by atoms with Crippen LogP contribution in [-0.4, -0.2) is 59.4 Å². The van der Waals surface area contributed by atoms with Gasteiger partial charge in [-0.25, -0.2) is 4.79 Å². The van der Waals surface area contributed by atoms with E-state index >= 15 is 0 Å². The van der Waals surface area contributed by atoms with Crippen LogP contribution in [-0.2, 0) is 11.2 Å². The average Bonchev–Trinajstić information content (AvgIpc) is 2.59. The number of anilines is 1. The van der Waals surface area contributed by atoms with Crippen molar-refractivity contribution in [2.45, 2.75) is 45.6 Å². The Hall–Kier alpha value is -2.35. The lowest BCUT2D eigenvalue weighted by atomic mass is 10.0. The van der Waals surface area contributed by atoms with E-state index < -0.39 is 11.7 Å². The number of hydrogen-bond donors (Lipinski definition) is 1. The van der Waals surface area contributed by atoms with Crippen LogP contribution in [0.2, 0.25) is 0 Å². The minimum Gasteiger partial charge on any atom is -0.444 e. The number of nitrogens with zero attached hydrogens (tertiary/aromatic N) is 3. The van der Waals surface area contributed by atoms with Crippen LogP contribution in [0.3, 0.4) is 0 Å². The number of rotatable bonds is 7. The van der Waals surface area contributed by atoms with Crippen molar-refractivity contribution in [3.05, 3.63) is 33.9 Å². The summed E-state index contributed by atoms with van der Waals surface area (Å²) in [5.74, 6) is 0. The number of amides is 1. The van der Waals surface area contributed by atoms with Gasteiger partial charge in [0.05, 0.1) is 11.5 Å². The summed E-state index contributed by atoms with van der Waals surface area (Å²) < 4.78 is 5.39. The van der Waals surface area contributed by atoms with E-state index in [9.17, 15) is 20.0 Å². The number of aliphatic hydroxyl groups excluding tert-OH is 1. The summed E-state index contributed by atoms with van der Waals surface area (Å²) >= 11 is 0. The zero-order chi connectivity index (χ0) is 20.0.